The van der Waals surface area contributed by atoms with Gasteiger partial charge in [0.15, 0.2) is 5.78 Å². The Bertz CT molecular complexity index is 1290. The molecule has 2 aliphatic carbocycles. The molecule has 4 nitrogen and oxygen atoms in total. The summed E-state index contributed by atoms with van der Waals surface area (Å²) in [5.74, 6) is -2.77. The van der Waals surface area contributed by atoms with Gasteiger partial charge in [-0.05, 0) is 66.3 Å². The van der Waals surface area contributed by atoms with Crippen molar-refractivity contribution in [3.63, 3.8) is 0 Å². The standard InChI is InChI=1S/C27H23F6NO3/c1-2-13-10-19(14-4-3-5-14)20-11-15(6-8-17(20)22(13)35)25(26(28,29)30,27(31,32)33)16-7-9-18-21(12-16)24(37)34-23(18)36/h6-9,11-14,19H,2-5,10H2,1H3,(H,34,36,37)/t13-,19?/m0/s1. The number of nitrogens with one attached hydrogen (secondary N) is 1. The summed E-state index contributed by atoms with van der Waals surface area (Å²) in [5, 5.41) is 1.89. The fraction of sp³-hybridized carbons (Fsp3) is 0.444. The predicted octanol–water partition coefficient (Wildman–Crippen LogP) is 6.48. The minimum atomic E-state index is -5.86. The summed E-state index contributed by atoms with van der Waals surface area (Å²) in [6.07, 6.45) is -8.26. The molecule has 2 aromatic rings. The Balaban J connectivity index is 1.77. The summed E-state index contributed by atoms with van der Waals surface area (Å²) < 4.78 is 88.6. The average molecular weight is 523 g/mol. The maximum absolute atomic E-state index is 14.8. The largest absolute Gasteiger partial charge is 0.411 e. The maximum Gasteiger partial charge on any atom is 0.411 e. The highest BCUT2D eigenvalue weighted by Gasteiger charge is 2.72. The number of imide groups is 1. The van der Waals surface area contributed by atoms with E-state index in [0.29, 0.717) is 25.0 Å². The molecule has 1 saturated carbocycles. The minimum absolute atomic E-state index is 0.0945. The zero-order valence-corrected chi connectivity index (χ0v) is 19.7. The van der Waals surface area contributed by atoms with Gasteiger partial charge in [-0.3, -0.25) is 19.7 Å². The van der Waals surface area contributed by atoms with Crippen LogP contribution in [0.3, 0.4) is 0 Å². The van der Waals surface area contributed by atoms with Crippen molar-refractivity contribution in [2.75, 3.05) is 0 Å². The third kappa shape index (κ3) is 3.62. The number of carbonyl (C=O) groups is 3. The molecule has 10 heteroatoms. The van der Waals surface area contributed by atoms with E-state index < -0.39 is 46.3 Å². The number of ketones is 1. The molecule has 37 heavy (non-hydrogen) atoms. The lowest BCUT2D eigenvalue weighted by molar-refractivity contribution is -0.288. The van der Waals surface area contributed by atoms with Crippen LogP contribution in [-0.2, 0) is 5.41 Å². The molecule has 0 spiro atoms. The lowest BCUT2D eigenvalue weighted by Crippen LogP contribution is -2.55. The number of amides is 2. The molecule has 0 saturated heterocycles. The second-order valence-corrected chi connectivity index (χ2v) is 10.1. The van der Waals surface area contributed by atoms with Gasteiger partial charge in [0, 0.05) is 11.5 Å². The monoisotopic (exact) mass is 523 g/mol. The summed E-state index contributed by atoms with van der Waals surface area (Å²) in [6.45, 7) is 1.84. The van der Waals surface area contributed by atoms with E-state index in [9.17, 15) is 40.7 Å². The molecule has 3 aliphatic rings. The van der Waals surface area contributed by atoms with E-state index in [2.05, 4.69) is 0 Å². The van der Waals surface area contributed by atoms with Gasteiger partial charge in [0.05, 0.1) is 11.1 Å². The molecule has 2 atom stereocenters. The number of fused-ring (bicyclic) bond motifs is 2. The molecular weight excluding hydrogens is 500 g/mol. The van der Waals surface area contributed by atoms with Crippen molar-refractivity contribution in [2.45, 2.75) is 62.7 Å². The van der Waals surface area contributed by atoms with E-state index in [4.69, 9.17) is 0 Å². The van der Waals surface area contributed by atoms with E-state index in [-0.39, 0.29) is 40.2 Å². The number of halogens is 6. The average Bonchev–Trinajstić information content (AvgIpc) is 3.06. The van der Waals surface area contributed by atoms with Crippen molar-refractivity contribution in [2.24, 2.45) is 11.8 Å². The van der Waals surface area contributed by atoms with Crippen LogP contribution in [0.5, 0.6) is 0 Å². The first-order valence-electron chi connectivity index (χ1n) is 12.1. The first-order chi connectivity index (χ1) is 17.3. The second kappa shape index (κ2) is 8.43. The predicted molar refractivity (Wildman–Crippen MR) is 120 cm³/mol. The minimum Gasteiger partial charge on any atom is -0.294 e. The molecule has 1 unspecified atom stereocenters. The van der Waals surface area contributed by atoms with Gasteiger partial charge in [-0.1, -0.05) is 37.6 Å². The fourth-order valence-corrected chi connectivity index (χ4v) is 6.11. The summed E-state index contributed by atoms with van der Waals surface area (Å²) in [7, 11) is 0. The van der Waals surface area contributed by atoms with Gasteiger partial charge in [0.1, 0.15) is 0 Å². The number of hydrogen-bond acceptors (Lipinski definition) is 3. The van der Waals surface area contributed by atoms with Gasteiger partial charge in [0.2, 0.25) is 5.41 Å². The second-order valence-electron chi connectivity index (χ2n) is 10.1. The Morgan fingerprint density at radius 3 is 1.92 bits per heavy atom. The Labute approximate surface area is 208 Å². The van der Waals surface area contributed by atoms with E-state index >= 15 is 0 Å². The molecule has 1 aliphatic heterocycles. The van der Waals surface area contributed by atoms with Crippen molar-refractivity contribution >= 4 is 17.6 Å². The van der Waals surface area contributed by atoms with Crippen LogP contribution in [0.2, 0.25) is 0 Å². The molecule has 5 rings (SSSR count). The van der Waals surface area contributed by atoms with Gasteiger partial charge in [0.25, 0.3) is 11.8 Å². The Morgan fingerprint density at radius 1 is 0.811 bits per heavy atom. The molecule has 0 radical (unpaired) electrons. The van der Waals surface area contributed by atoms with Crippen LogP contribution in [-0.4, -0.2) is 30.0 Å². The molecule has 196 valence electrons. The number of alkyl halides is 6. The van der Waals surface area contributed by atoms with Gasteiger partial charge >= 0.3 is 12.4 Å². The molecule has 2 amide bonds. The first-order valence-corrected chi connectivity index (χ1v) is 12.1. The lowest BCUT2D eigenvalue weighted by atomic mass is 9.63. The van der Waals surface area contributed by atoms with Crippen molar-refractivity contribution in [1.29, 1.82) is 0 Å². The summed E-state index contributed by atoms with van der Waals surface area (Å²) >= 11 is 0. The highest BCUT2D eigenvalue weighted by molar-refractivity contribution is 6.21. The van der Waals surface area contributed by atoms with E-state index in [1.54, 1.807) is 0 Å². The summed E-state index contributed by atoms with van der Waals surface area (Å²) in [5.41, 5.74) is -7.21. The zero-order valence-electron chi connectivity index (χ0n) is 19.7. The molecular formula is C27H23F6NO3. The number of benzene rings is 2. The molecule has 1 N–H and O–H groups in total. The highest BCUT2D eigenvalue weighted by Crippen LogP contribution is 2.58. The van der Waals surface area contributed by atoms with Crippen LogP contribution in [0.4, 0.5) is 26.3 Å². The summed E-state index contributed by atoms with van der Waals surface area (Å²) in [6, 6.07) is 4.63. The maximum atomic E-state index is 14.8. The smallest absolute Gasteiger partial charge is 0.294 e. The van der Waals surface area contributed by atoms with E-state index in [0.717, 1.165) is 43.5 Å². The van der Waals surface area contributed by atoms with E-state index in [1.165, 1.54) is 0 Å². The molecule has 0 aromatic heterocycles. The Morgan fingerprint density at radius 2 is 1.38 bits per heavy atom. The van der Waals surface area contributed by atoms with Crippen molar-refractivity contribution in [3.8, 4) is 0 Å². The van der Waals surface area contributed by atoms with Crippen molar-refractivity contribution in [1.82, 2.24) is 5.32 Å². The SMILES string of the molecule is CC[C@H]1CC(C2CCC2)c2cc(C(c3ccc4c(c3)C(=O)NC4=O)(C(F)(F)F)C(F)(F)F)ccc2C1=O. The number of Topliss-reactive ketones (excluding diaryl/α,β-unsaturated/α-hetero) is 1. The quantitative estimate of drug-likeness (QED) is 0.369. The third-order valence-corrected chi connectivity index (χ3v) is 8.29. The molecule has 0 bridgehead atoms. The van der Waals surface area contributed by atoms with Crippen molar-refractivity contribution in [3.05, 3.63) is 69.8 Å². The molecule has 1 fully saturated rings. The number of hydrogen-bond donors (Lipinski definition) is 1. The lowest BCUT2D eigenvalue weighted by Gasteiger charge is -2.42. The Kier molecular flexibility index (Phi) is 5.80. The van der Waals surface area contributed by atoms with Crippen LogP contribution < -0.4 is 5.32 Å². The van der Waals surface area contributed by atoms with Crippen LogP contribution >= 0.6 is 0 Å². The number of carbonyl (C=O) groups excluding carboxylic acids is 3. The van der Waals surface area contributed by atoms with E-state index in [1.807, 2.05) is 12.2 Å². The highest BCUT2D eigenvalue weighted by atomic mass is 19.4. The topological polar surface area (TPSA) is 63.2 Å². The summed E-state index contributed by atoms with van der Waals surface area (Å²) in [4.78, 5) is 37.0. The molecule has 1 heterocycles. The van der Waals surface area contributed by atoms with Gasteiger partial charge < -0.3 is 0 Å². The molecule has 2 aromatic carbocycles. The van der Waals surface area contributed by atoms with Crippen LogP contribution in [0.15, 0.2) is 36.4 Å². The van der Waals surface area contributed by atoms with Gasteiger partial charge in [-0.2, -0.15) is 26.3 Å². The van der Waals surface area contributed by atoms with Crippen molar-refractivity contribution < 1.29 is 40.7 Å². The number of rotatable bonds is 4. The first kappa shape index (κ1) is 25.5. The third-order valence-electron chi connectivity index (χ3n) is 8.29. The normalized spacial score (nSPS) is 22.4. The fourth-order valence-electron chi connectivity index (χ4n) is 6.11. The van der Waals surface area contributed by atoms with Crippen LogP contribution in [0, 0.1) is 11.8 Å². The Hall–Kier alpha value is -3.17. The zero-order chi connectivity index (χ0) is 26.9. The van der Waals surface area contributed by atoms with Crippen LogP contribution in [0.1, 0.15) is 92.7 Å². The van der Waals surface area contributed by atoms with Gasteiger partial charge in [-0.15, -0.1) is 0 Å². The van der Waals surface area contributed by atoms with Gasteiger partial charge in [-0.25, -0.2) is 0 Å². The van der Waals surface area contributed by atoms with Crippen LogP contribution in [0.25, 0.3) is 0 Å².